The largest absolute Gasteiger partial charge is 0.399 e. The van der Waals surface area contributed by atoms with Crippen LogP contribution in [0.25, 0.3) is 10.8 Å². The molecule has 2 nitrogen and oxygen atoms in total. The lowest BCUT2D eigenvalue weighted by molar-refractivity contribution is 0.626. The van der Waals surface area contributed by atoms with Crippen LogP contribution in [0.5, 0.6) is 0 Å². The van der Waals surface area contributed by atoms with Gasteiger partial charge in [-0.25, -0.2) is 4.39 Å². The fourth-order valence-electron chi connectivity index (χ4n) is 1.80. The maximum atomic E-state index is 13.5. The fraction of sp³-hybridized carbons (Fsp3) is 0.0769. The predicted molar refractivity (Wildman–Crippen MR) is 65.8 cm³/mol. The number of benzene rings is 2. The zero-order valence-corrected chi connectivity index (χ0v) is 8.84. The number of hydrogen-bond donors (Lipinski definition) is 2. The highest BCUT2D eigenvalue weighted by molar-refractivity contribution is 6.00. The van der Waals surface area contributed by atoms with Crippen molar-refractivity contribution >= 4 is 22.1 Å². The molecule has 0 saturated heterocycles. The molecule has 0 aliphatic rings. The smallest absolute Gasteiger partial charge is 0.139 e. The summed E-state index contributed by atoms with van der Waals surface area (Å²) in [5.41, 5.74) is 7.37. The normalized spacial score (nSPS) is 10.1. The van der Waals surface area contributed by atoms with E-state index in [-0.39, 0.29) is 5.56 Å². The summed E-state index contributed by atoms with van der Waals surface area (Å²) in [4.78, 5) is 0. The van der Waals surface area contributed by atoms with Crippen LogP contribution in [0.3, 0.4) is 0 Å². The summed E-state index contributed by atoms with van der Waals surface area (Å²) in [6.45, 7) is 0. The molecule has 0 fully saturated rings. The van der Waals surface area contributed by atoms with E-state index in [0.717, 1.165) is 11.1 Å². The standard InChI is InChI=1S/C13H11FN2/c1-3-10-11(14)5-4-8-6-9(15)7-12(16-2)13(8)10/h1,4-7,16H,15H2,2H3. The topological polar surface area (TPSA) is 38.0 Å². The number of terminal acetylenes is 1. The Morgan fingerprint density at radius 3 is 2.75 bits per heavy atom. The Labute approximate surface area is 93.3 Å². The number of hydrogen-bond acceptors (Lipinski definition) is 2. The highest BCUT2D eigenvalue weighted by Crippen LogP contribution is 2.30. The number of nitrogens with one attached hydrogen (secondary N) is 1. The second kappa shape index (κ2) is 3.74. The van der Waals surface area contributed by atoms with Crippen LogP contribution in [0, 0.1) is 18.2 Å². The van der Waals surface area contributed by atoms with Crippen molar-refractivity contribution in [3.05, 3.63) is 35.6 Å². The quantitative estimate of drug-likeness (QED) is 0.565. The summed E-state index contributed by atoms with van der Waals surface area (Å²) in [6, 6.07) is 6.54. The molecule has 0 radical (unpaired) electrons. The second-order valence-electron chi connectivity index (χ2n) is 3.48. The molecule has 0 aliphatic carbocycles. The molecule has 0 unspecified atom stereocenters. The van der Waals surface area contributed by atoms with E-state index in [0.29, 0.717) is 11.1 Å². The zero-order chi connectivity index (χ0) is 11.7. The molecule has 2 aromatic carbocycles. The first kappa shape index (κ1) is 10.3. The highest BCUT2D eigenvalue weighted by atomic mass is 19.1. The number of fused-ring (bicyclic) bond motifs is 1. The van der Waals surface area contributed by atoms with Crippen LogP contribution in [0.4, 0.5) is 15.8 Å². The minimum atomic E-state index is -0.392. The Bertz CT molecular complexity index is 597. The first-order valence-electron chi connectivity index (χ1n) is 4.83. The molecule has 0 saturated carbocycles. The van der Waals surface area contributed by atoms with Gasteiger partial charge in [0.2, 0.25) is 0 Å². The number of nitrogen functional groups attached to an aromatic ring is 1. The Kier molecular flexibility index (Phi) is 2.41. The molecule has 0 aliphatic heterocycles. The lowest BCUT2D eigenvalue weighted by Crippen LogP contribution is -1.96. The molecule has 2 aromatic rings. The SMILES string of the molecule is C#Cc1c(F)ccc2cc(N)cc(NC)c12. The van der Waals surface area contributed by atoms with Gasteiger partial charge in [0.25, 0.3) is 0 Å². The van der Waals surface area contributed by atoms with Crippen LogP contribution in [0.15, 0.2) is 24.3 Å². The molecule has 80 valence electrons. The Morgan fingerprint density at radius 1 is 1.38 bits per heavy atom. The van der Waals surface area contributed by atoms with Crippen molar-refractivity contribution in [3.8, 4) is 12.3 Å². The van der Waals surface area contributed by atoms with Gasteiger partial charge in [0.1, 0.15) is 5.82 Å². The van der Waals surface area contributed by atoms with Gasteiger partial charge in [0.15, 0.2) is 0 Å². The molecule has 0 heterocycles. The average Bonchev–Trinajstić information content (AvgIpc) is 2.28. The van der Waals surface area contributed by atoms with Gasteiger partial charge >= 0.3 is 0 Å². The third kappa shape index (κ3) is 1.45. The highest BCUT2D eigenvalue weighted by Gasteiger charge is 2.09. The molecular weight excluding hydrogens is 203 g/mol. The van der Waals surface area contributed by atoms with Crippen molar-refractivity contribution in [1.82, 2.24) is 0 Å². The van der Waals surface area contributed by atoms with E-state index >= 15 is 0 Å². The number of halogens is 1. The first-order valence-corrected chi connectivity index (χ1v) is 4.83. The molecule has 3 heteroatoms. The summed E-state index contributed by atoms with van der Waals surface area (Å²) in [5, 5.41) is 4.50. The van der Waals surface area contributed by atoms with Gasteiger partial charge in [0, 0.05) is 23.8 Å². The number of rotatable bonds is 1. The third-order valence-electron chi connectivity index (χ3n) is 2.50. The summed E-state index contributed by atoms with van der Waals surface area (Å²) in [6.07, 6.45) is 5.33. The van der Waals surface area contributed by atoms with Gasteiger partial charge in [-0.05, 0) is 23.6 Å². The lowest BCUT2D eigenvalue weighted by atomic mass is 10.0. The van der Waals surface area contributed by atoms with Crippen molar-refractivity contribution in [1.29, 1.82) is 0 Å². The molecule has 3 N–H and O–H groups in total. The van der Waals surface area contributed by atoms with Crippen molar-refractivity contribution in [3.63, 3.8) is 0 Å². The maximum Gasteiger partial charge on any atom is 0.139 e. The Morgan fingerprint density at radius 2 is 2.12 bits per heavy atom. The summed E-state index contributed by atoms with van der Waals surface area (Å²) in [5.74, 6) is 1.98. The monoisotopic (exact) mass is 214 g/mol. The van der Waals surface area contributed by atoms with Crippen molar-refractivity contribution in [2.24, 2.45) is 0 Å². The molecule has 0 atom stereocenters. The van der Waals surface area contributed by atoms with Gasteiger partial charge in [-0.2, -0.15) is 0 Å². The van der Waals surface area contributed by atoms with E-state index < -0.39 is 5.82 Å². The van der Waals surface area contributed by atoms with Gasteiger partial charge in [-0.1, -0.05) is 12.0 Å². The van der Waals surface area contributed by atoms with E-state index in [1.165, 1.54) is 6.07 Å². The second-order valence-corrected chi connectivity index (χ2v) is 3.48. The first-order chi connectivity index (χ1) is 7.67. The number of anilines is 2. The van der Waals surface area contributed by atoms with Crippen molar-refractivity contribution < 1.29 is 4.39 Å². The van der Waals surface area contributed by atoms with Crippen LogP contribution in [0.2, 0.25) is 0 Å². The van der Waals surface area contributed by atoms with Gasteiger partial charge in [-0.3, -0.25) is 0 Å². The number of nitrogens with two attached hydrogens (primary N) is 1. The van der Waals surface area contributed by atoms with Crippen LogP contribution in [-0.4, -0.2) is 7.05 Å². The zero-order valence-electron chi connectivity index (χ0n) is 8.84. The molecule has 16 heavy (non-hydrogen) atoms. The van der Waals surface area contributed by atoms with E-state index in [1.807, 2.05) is 0 Å². The van der Waals surface area contributed by atoms with Crippen LogP contribution in [0.1, 0.15) is 5.56 Å². The van der Waals surface area contributed by atoms with Gasteiger partial charge < -0.3 is 11.1 Å². The van der Waals surface area contributed by atoms with E-state index in [4.69, 9.17) is 12.2 Å². The van der Waals surface area contributed by atoms with Crippen LogP contribution < -0.4 is 11.1 Å². The average molecular weight is 214 g/mol. The van der Waals surface area contributed by atoms with Gasteiger partial charge in [-0.15, -0.1) is 6.42 Å². The minimum absolute atomic E-state index is 0.266. The molecular formula is C13H11FN2. The van der Waals surface area contributed by atoms with Crippen molar-refractivity contribution in [2.75, 3.05) is 18.1 Å². The van der Waals surface area contributed by atoms with Crippen LogP contribution in [-0.2, 0) is 0 Å². The Balaban J connectivity index is 2.97. The predicted octanol–water partition coefficient (Wildman–Crippen LogP) is 2.58. The van der Waals surface area contributed by atoms with Crippen molar-refractivity contribution in [2.45, 2.75) is 0 Å². The van der Waals surface area contributed by atoms with E-state index in [2.05, 4.69) is 11.2 Å². The summed E-state index contributed by atoms with van der Waals surface area (Å²) >= 11 is 0. The molecule has 2 rings (SSSR count). The van der Waals surface area contributed by atoms with E-state index in [1.54, 1.807) is 25.2 Å². The third-order valence-corrected chi connectivity index (χ3v) is 2.50. The maximum absolute atomic E-state index is 13.5. The van der Waals surface area contributed by atoms with E-state index in [9.17, 15) is 4.39 Å². The van der Waals surface area contributed by atoms with Gasteiger partial charge in [0.05, 0.1) is 5.56 Å². The summed E-state index contributed by atoms with van der Waals surface area (Å²) in [7, 11) is 1.75. The molecule has 0 aromatic heterocycles. The molecule has 0 amide bonds. The minimum Gasteiger partial charge on any atom is -0.399 e. The molecule has 0 bridgehead atoms. The lowest BCUT2D eigenvalue weighted by Gasteiger charge is -2.10. The Hall–Kier alpha value is -2.21. The fourth-order valence-corrected chi connectivity index (χ4v) is 1.80. The van der Waals surface area contributed by atoms with Crippen LogP contribution >= 0.6 is 0 Å². The molecule has 0 spiro atoms. The summed E-state index contributed by atoms with van der Waals surface area (Å²) < 4.78 is 13.5.